The molecule has 0 aliphatic carbocycles. The third-order valence-electron chi connectivity index (χ3n) is 3.68. The summed E-state index contributed by atoms with van der Waals surface area (Å²) in [6.07, 6.45) is 1.58. The molecule has 1 aromatic rings. The molecule has 0 saturated heterocycles. The Labute approximate surface area is 120 Å². The average molecular weight is 281 g/mol. The summed E-state index contributed by atoms with van der Waals surface area (Å²) in [6, 6.07) is 2.93. The zero-order chi connectivity index (χ0) is 15.7. The van der Waals surface area contributed by atoms with E-state index >= 15 is 0 Å². The average Bonchev–Trinajstić information content (AvgIpc) is 2.26. The highest BCUT2D eigenvalue weighted by atomic mass is 16.5. The van der Waals surface area contributed by atoms with Crippen LogP contribution in [0, 0.1) is 0 Å². The van der Waals surface area contributed by atoms with E-state index in [9.17, 15) is 14.9 Å². The maximum Gasteiger partial charge on any atom is 0.493 e. The number of hydrogen-bond acceptors (Lipinski definition) is 4. The molecule has 5 nitrogen and oxygen atoms in total. The summed E-state index contributed by atoms with van der Waals surface area (Å²) in [5, 5.41) is 20.2. The maximum atomic E-state index is 11.7. The fourth-order valence-corrected chi connectivity index (χ4v) is 1.56. The lowest BCUT2D eigenvalue weighted by molar-refractivity contribution is -0.0982. The van der Waals surface area contributed by atoms with Crippen molar-refractivity contribution in [2.24, 2.45) is 0 Å². The lowest BCUT2D eigenvalue weighted by Gasteiger charge is -2.38. The molecule has 0 atom stereocenters. The minimum atomic E-state index is -1.21. The van der Waals surface area contributed by atoms with Crippen LogP contribution in [-0.4, -0.2) is 33.0 Å². The van der Waals surface area contributed by atoms with Gasteiger partial charge in [0.05, 0.1) is 11.2 Å². The van der Waals surface area contributed by atoms with Crippen molar-refractivity contribution >= 4 is 12.6 Å². The van der Waals surface area contributed by atoms with E-state index < -0.39 is 18.3 Å². The molecule has 0 unspecified atom stereocenters. The summed E-state index contributed by atoms with van der Waals surface area (Å²) in [6.45, 7) is 10.4. The van der Waals surface area contributed by atoms with Gasteiger partial charge in [-0.2, -0.15) is 0 Å². The Morgan fingerprint density at radius 1 is 1.25 bits per heavy atom. The summed E-state index contributed by atoms with van der Waals surface area (Å²) in [5.41, 5.74) is -1.69. The van der Waals surface area contributed by atoms with Crippen molar-refractivity contribution < 1.29 is 14.8 Å². The van der Waals surface area contributed by atoms with Crippen molar-refractivity contribution in [2.45, 2.75) is 58.8 Å². The van der Waals surface area contributed by atoms with Gasteiger partial charge in [0.2, 0.25) is 0 Å². The smallest absolute Gasteiger partial charge is 0.423 e. The zero-order valence-corrected chi connectivity index (χ0v) is 13.0. The van der Waals surface area contributed by atoms with Gasteiger partial charge < -0.3 is 19.4 Å². The largest absolute Gasteiger partial charge is 0.493 e. The Morgan fingerprint density at radius 2 is 1.80 bits per heavy atom. The number of nitrogens with zero attached hydrogens (tertiary/aromatic N) is 1. The first-order valence-electron chi connectivity index (χ1n) is 6.76. The first-order valence-corrected chi connectivity index (χ1v) is 6.76. The van der Waals surface area contributed by atoms with Gasteiger partial charge >= 0.3 is 7.12 Å². The molecule has 112 valence electrons. The molecule has 0 aliphatic rings. The van der Waals surface area contributed by atoms with Crippen molar-refractivity contribution in [3.05, 3.63) is 28.7 Å². The standard InChI is InChI=1S/C14H24BNO4/c1-10(2)16-9-11(7-8-12(16)17)15(19)20-14(5,6)13(3,4)18/h7-10,18-19H,1-6H3. The van der Waals surface area contributed by atoms with E-state index in [2.05, 4.69) is 0 Å². The first kappa shape index (κ1) is 16.9. The SMILES string of the molecule is CC(C)n1cc(B(O)OC(C)(C)C(C)(C)O)ccc1=O. The second-order valence-electron chi connectivity index (χ2n) is 6.34. The number of aromatic nitrogens is 1. The molecule has 0 fully saturated rings. The van der Waals surface area contributed by atoms with Gasteiger partial charge in [0.1, 0.15) is 0 Å². The van der Waals surface area contributed by atoms with Crippen LogP contribution in [0.2, 0.25) is 0 Å². The van der Waals surface area contributed by atoms with E-state index in [1.54, 1.807) is 33.9 Å². The van der Waals surface area contributed by atoms with E-state index in [4.69, 9.17) is 4.65 Å². The van der Waals surface area contributed by atoms with Crippen molar-refractivity contribution in [1.29, 1.82) is 0 Å². The second-order valence-corrected chi connectivity index (χ2v) is 6.34. The molecule has 0 aliphatic heterocycles. The minimum absolute atomic E-state index is 0.00283. The van der Waals surface area contributed by atoms with Gasteiger partial charge in [0.25, 0.3) is 5.56 Å². The highest BCUT2D eigenvalue weighted by molar-refractivity contribution is 6.60. The molecule has 0 radical (unpaired) electrons. The van der Waals surface area contributed by atoms with E-state index in [0.29, 0.717) is 5.46 Å². The molecule has 0 saturated carbocycles. The zero-order valence-electron chi connectivity index (χ0n) is 13.0. The van der Waals surface area contributed by atoms with Crippen LogP contribution in [0.15, 0.2) is 23.1 Å². The molecule has 1 aromatic heterocycles. The fourth-order valence-electron chi connectivity index (χ4n) is 1.56. The molecule has 6 heteroatoms. The van der Waals surface area contributed by atoms with Crippen LogP contribution in [0.25, 0.3) is 0 Å². The Hall–Kier alpha value is -1.11. The highest BCUT2D eigenvalue weighted by Gasteiger charge is 2.39. The molecular weight excluding hydrogens is 257 g/mol. The van der Waals surface area contributed by atoms with E-state index in [1.807, 2.05) is 13.8 Å². The molecular formula is C14H24BNO4. The molecule has 0 bridgehead atoms. The van der Waals surface area contributed by atoms with Crippen molar-refractivity contribution in [3.8, 4) is 0 Å². The van der Waals surface area contributed by atoms with E-state index in [0.717, 1.165) is 0 Å². The third kappa shape index (κ3) is 3.72. The molecule has 2 N–H and O–H groups in total. The topological polar surface area (TPSA) is 71.7 Å². The monoisotopic (exact) mass is 281 g/mol. The number of aliphatic hydroxyl groups is 1. The van der Waals surface area contributed by atoms with Gasteiger partial charge in [-0.05, 0) is 47.0 Å². The molecule has 0 spiro atoms. The normalized spacial score (nSPS) is 12.8. The van der Waals surface area contributed by atoms with Gasteiger partial charge in [-0.15, -0.1) is 0 Å². The summed E-state index contributed by atoms with van der Waals surface area (Å²) < 4.78 is 7.08. The van der Waals surface area contributed by atoms with Crippen LogP contribution >= 0.6 is 0 Å². The Morgan fingerprint density at radius 3 is 2.25 bits per heavy atom. The van der Waals surface area contributed by atoms with Crippen LogP contribution in [0.4, 0.5) is 0 Å². The molecule has 1 rings (SSSR count). The number of rotatable bonds is 5. The van der Waals surface area contributed by atoms with Crippen LogP contribution in [0.5, 0.6) is 0 Å². The molecule has 0 amide bonds. The lowest BCUT2D eigenvalue weighted by Crippen LogP contribution is -2.53. The van der Waals surface area contributed by atoms with Crippen molar-refractivity contribution in [3.63, 3.8) is 0 Å². The predicted octanol–water partition coefficient (Wildman–Crippen LogP) is 0.683. The first-order chi connectivity index (χ1) is 8.95. The van der Waals surface area contributed by atoms with Crippen molar-refractivity contribution in [1.82, 2.24) is 4.57 Å². The van der Waals surface area contributed by atoms with Crippen molar-refractivity contribution in [2.75, 3.05) is 0 Å². The maximum absolute atomic E-state index is 11.7. The third-order valence-corrected chi connectivity index (χ3v) is 3.68. The van der Waals surface area contributed by atoms with Gasteiger partial charge in [-0.1, -0.05) is 6.07 Å². The highest BCUT2D eigenvalue weighted by Crippen LogP contribution is 2.25. The van der Waals surface area contributed by atoms with E-state index in [-0.39, 0.29) is 11.6 Å². The summed E-state index contributed by atoms with van der Waals surface area (Å²) in [7, 11) is -1.21. The summed E-state index contributed by atoms with van der Waals surface area (Å²) in [5.74, 6) is 0. The predicted molar refractivity (Wildman–Crippen MR) is 80.2 cm³/mol. The van der Waals surface area contributed by atoms with Gasteiger partial charge in [0, 0.05) is 18.3 Å². The second kappa shape index (κ2) is 5.72. The van der Waals surface area contributed by atoms with Crippen LogP contribution < -0.4 is 11.0 Å². The Kier molecular flexibility index (Phi) is 4.84. The van der Waals surface area contributed by atoms with E-state index in [1.165, 1.54) is 16.7 Å². The summed E-state index contributed by atoms with van der Waals surface area (Å²) in [4.78, 5) is 11.7. The van der Waals surface area contributed by atoms with Crippen LogP contribution in [0.1, 0.15) is 47.6 Å². The number of pyridine rings is 1. The number of hydrogen-bond donors (Lipinski definition) is 2. The van der Waals surface area contributed by atoms with Gasteiger partial charge in [0.15, 0.2) is 0 Å². The molecule has 1 heterocycles. The van der Waals surface area contributed by atoms with Crippen LogP contribution in [-0.2, 0) is 4.65 Å². The Balaban J connectivity index is 3.02. The fraction of sp³-hybridized carbons (Fsp3) is 0.643. The molecule has 0 aromatic carbocycles. The van der Waals surface area contributed by atoms with Gasteiger partial charge in [-0.3, -0.25) is 4.79 Å². The quantitative estimate of drug-likeness (QED) is 0.779. The van der Waals surface area contributed by atoms with Gasteiger partial charge in [-0.25, -0.2) is 0 Å². The Bertz CT molecular complexity index is 517. The lowest BCUT2D eigenvalue weighted by atomic mass is 9.77. The molecule has 20 heavy (non-hydrogen) atoms. The minimum Gasteiger partial charge on any atom is -0.423 e. The summed E-state index contributed by atoms with van der Waals surface area (Å²) >= 11 is 0. The van der Waals surface area contributed by atoms with Crippen LogP contribution in [0.3, 0.4) is 0 Å².